The lowest BCUT2D eigenvalue weighted by Gasteiger charge is -2.39. The number of benzene rings is 1. The highest BCUT2D eigenvalue weighted by molar-refractivity contribution is 9.10. The van der Waals surface area contributed by atoms with Crippen LogP contribution in [0.2, 0.25) is 0 Å². The topological polar surface area (TPSA) is 26.0 Å². The van der Waals surface area contributed by atoms with Gasteiger partial charge in [0, 0.05) is 11.1 Å². The second kappa shape index (κ2) is 3.52. The van der Waals surface area contributed by atoms with Crippen LogP contribution < -0.4 is 5.73 Å². The van der Waals surface area contributed by atoms with Crippen LogP contribution in [0, 0.1) is 18.6 Å². The third kappa shape index (κ3) is 1.60. The summed E-state index contributed by atoms with van der Waals surface area (Å²) in [7, 11) is 0. The lowest BCUT2D eigenvalue weighted by atomic mass is 9.72. The maximum atomic E-state index is 13.8. The van der Waals surface area contributed by atoms with Crippen LogP contribution in [-0.4, -0.2) is 0 Å². The highest BCUT2D eigenvalue weighted by Crippen LogP contribution is 2.43. The van der Waals surface area contributed by atoms with Gasteiger partial charge < -0.3 is 5.73 Å². The Morgan fingerprint density at radius 2 is 1.93 bits per heavy atom. The standard InChI is InChI=1S/C11H12BrF2N/c1-6-5-7(12)10(14)8(9(6)13)11(15)3-2-4-11/h5H,2-4,15H2,1H3. The molecule has 1 saturated carbocycles. The van der Waals surface area contributed by atoms with Crippen LogP contribution in [0.5, 0.6) is 0 Å². The van der Waals surface area contributed by atoms with E-state index in [9.17, 15) is 8.78 Å². The number of aryl methyl sites for hydroxylation is 1. The summed E-state index contributed by atoms with van der Waals surface area (Å²) in [5.74, 6) is -1.06. The molecule has 4 heteroatoms. The maximum absolute atomic E-state index is 13.8. The molecule has 0 radical (unpaired) electrons. The Balaban J connectivity index is 2.63. The lowest BCUT2D eigenvalue weighted by Crippen LogP contribution is -2.45. The number of nitrogens with two attached hydrogens (primary N) is 1. The van der Waals surface area contributed by atoms with E-state index in [0.29, 0.717) is 18.4 Å². The lowest BCUT2D eigenvalue weighted by molar-refractivity contribution is 0.235. The zero-order valence-electron chi connectivity index (χ0n) is 8.41. The van der Waals surface area contributed by atoms with Crippen molar-refractivity contribution in [1.82, 2.24) is 0 Å². The van der Waals surface area contributed by atoms with Crippen LogP contribution in [0.25, 0.3) is 0 Å². The van der Waals surface area contributed by atoms with E-state index >= 15 is 0 Å². The van der Waals surface area contributed by atoms with E-state index in [-0.39, 0.29) is 10.0 Å². The fraction of sp³-hybridized carbons (Fsp3) is 0.455. The molecule has 0 saturated heterocycles. The van der Waals surface area contributed by atoms with Gasteiger partial charge in [-0.05, 0) is 53.7 Å². The number of halogens is 3. The molecular formula is C11H12BrF2N. The van der Waals surface area contributed by atoms with Gasteiger partial charge in [0.15, 0.2) is 0 Å². The third-order valence-electron chi connectivity index (χ3n) is 3.08. The van der Waals surface area contributed by atoms with Crippen molar-refractivity contribution in [2.75, 3.05) is 0 Å². The predicted molar refractivity (Wildman–Crippen MR) is 58.5 cm³/mol. The van der Waals surface area contributed by atoms with Crippen LogP contribution in [0.15, 0.2) is 10.5 Å². The minimum Gasteiger partial charge on any atom is -0.321 e. The van der Waals surface area contributed by atoms with Crippen LogP contribution in [0.1, 0.15) is 30.4 Å². The molecule has 0 amide bonds. The van der Waals surface area contributed by atoms with Crippen molar-refractivity contribution in [3.8, 4) is 0 Å². The summed E-state index contributed by atoms with van der Waals surface area (Å²) in [6, 6.07) is 1.44. The average molecular weight is 276 g/mol. The summed E-state index contributed by atoms with van der Waals surface area (Å²) >= 11 is 3.08. The van der Waals surface area contributed by atoms with Gasteiger partial charge in [-0.3, -0.25) is 0 Å². The normalized spacial score (nSPS) is 18.7. The van der Waals surface area contributed by atoms with Crippen molar-refractivity contribution in [2.45, 2.75) is 31.7 Å². The minimum atomic E-state index is -0.803. The van der Waals surface area contributed by atoms with E-state index in [1.165, 1.54) is 6.07 Å². The fourth-order valence-electron chi connectivity index (χ4n) is 1.97. The molecule has 1 aromatic carbocycles. The van der Waals surface area contributed by atoms with Gasteiger partial charge in [-0.1, -0.05) is 0 Å². The molecule has 0 spiro atoms. The molecular weight excluding hydrogens is 264 g/mol. The molecule has 2 N–H and O–H groups in total. The predicted octanol–water partition coefficient (Wildman–Crippen LogP) is 3.37. The first-order valence-corrected chi connectivity index (χ1v) is 5.68. The maximum Gasteiger partial charge on any atom is 0.145 e. The average Bonchev–Trinajstić information content (AvgIpc) is 2.12. The minimum absolute atomic E-state index is 0.0422. The molecule has 1 aromatic rings. The monoisotopic (exact) mass is 275 g/mol. The quantitative estimate of drug-likeness (QED) is 0.782. The van der Waals surface area contributed by atoms with Crippen molar-refractivity contribution in [3.63, 3.8) is 0 Å². The number of hydrogen-bond acceptors (Lipinski definition) is 1. The van der Waals surface area contributed by atoms with Gasteiger partial charge in [0.2, 0.25) is 0 Å². The highest BCUT2D eigenvalue weighted by Gasteiger charge is 2.40. The van der Waals surface area contributed by atoms with E-state index in [2.05, 4.69) is 15.9 Å². The van der Waals surface area contributed by atoms with Crippen molar-refractivity contribution in [3.05, 3.63) is 33.3 Å². The molecule has 0 unspecified atom stereocenters. The smallest absolute Gasteiger partial charge is 0.145 e. The Bertz CT molecular complexity index is 387. The number of rotatable bonds is 1. The van der Waals surface area contributed by atoms with E-state index in [4.69, 9.17) is 5.73 Å². The molecule has 0 aliphatic heterocycles. The largest absolute Gasteiger partial charge is 0.321 e. The Labute approximate surface area is 95.8 Å². The molecule has 1 nitrogen and oxygen atoms in total. The second-order valence-corrected chi connectivity index (χ2v) is 5.04. The zero-order chi connectivity index (χ0) is 11.2. The molecule has 0 aromatic heterocycles. The van der Waals surface area contributed by atoms with Gasteiger partial charge in [-0.2, -0.15) is 0 Å². The number of hydrogen-bond donors (Lipinski definition) is 1. The molecule has 0 bridgehead atoms. The molecule has 82 valence electrons. The van der Waals surface area contributed by atoms with Gasteiger partial charge >= 0.3 is 0 Å². The highest BCUT2D eigenvalue weighted by atomic mass is 79.9. The Hall–Kier alpha value is -0.480. The van der Waals surface area contributed by atoms with E-state index < -0.39 is 17.2 Å². The van der Waals surface area contributed by atoms with Crippen LogP contribution in [-0.2, 0) is 5.54 Å². The summed E-state index contributed by atoms with van der Waals surface area (Å²) in [5.41, 5.74) is 5.63. The molecule has 0 heterocycles. The SMILES string of the molecule is Cc1cc(Br)c(F)c(C2(N)CCC2)c1F. The molecule has 2 rings (SSSR count). The Morgan fingerprint density at radius 3 is 2.40 bits per heavy atom. The molecule has 1 aliphatic carbocycles. The zero-order valence-corrected chi connectivity index (χ0v) is 10.00. The molecule has 0 atom stereocenters. The van der Waals surface area contributed by atoms with Gasteiger partial charge in [0.1, 0.15) is 11.6 Å². The second-order valence-electron chi connectivity index (χ2n) is 4.19. The summed E-state index contributed by atoms with van der Waals surface area (Å²) < 4.78 is 27.9. The van der Waals surface area contributed by atoms with Crippen LogP contribution in [0.4, 0.5) is 8.78 Å². The summed E-state index contributed by atoms with van der Waals surface area (Å²) in [4.78, 5) is 0. The third-order valence-corrected chi connectivity index (χ3v) is 3.66. The van der Waals surface area contributed by atoms with Crippen molar-refractivity contribution in [2.24, 2.45) is 5.73 Å². The first kappa shape index (κ1) is 11.0. The Morgan fingerprint density at radius 1 is 1.33 bits per heavy atom. The molecule has 15 heavy (non-hydrogen) atoms. The van der Waals surface area contributed by atoms with Gasteiger partial charge in [0.05, 0.1) is 4.47 Å². The molecule has 1 fully saturated rings. The summed E-state index contributed by atoms with van der Waals surface area (Å²) in [6.07, 6.45) is 2.23. The summed E-state index contributed by atoms with van der Waals surface area (Å²) in [6.45, 7) is 1.62. The summed E-state index contributed by atoms with van der Waals surface area (Å²) in [5, 5.41) is 0. The first-order valence-electron chi connectivity index (χ1n) is 4.89. The van der Waals surface area contributed by atoms with Crippen LogP contribution >= 0.6 is 15.9 Å². The van der Waals surface area contributed by atoms with E-state index in [0.717, 1.165) is 6.42 Å². The van der Waals surface area contributed by atoms with Crippen molar-refractivity contribution in [1.29, 1.82) is 0 Å². The van der Waals surface area contributed by atoms with Crippen molar-refractivity contribution >= 4 is 15.9 Å². The van der Waals surface area contributed by atoms with E-state index in [1.54, 1.807) is 6.92 Å². The van der Waals surface area contributed by atoms with Gasteiger partial charge in [0.25, 0.3) is 0 Å². The first-order chi connectivity index (χ1) is 6.96. The van der Waals surface area contributed by atoms with Crippen LogP contribution in [0.3, 0.4) is 0 Å². The van der Waals surface area contributed by atoms with Crippen molar-refractivity contribution < 1.29 is 8.78 Å². The van der Waals surface area contributed by atoms with E-state index in [1.807, 2.05) is 0 Å². The van der Waals surface area contributed by atoms with Gasteiger partial charge in [-0.15, -0.1) is 0 Å². The van der Waals surface area contributed by atoms with Gasteiger partial charge in [-0.25, -0.2) is 8.78 Å². The Kier molecular flexibility index (Phi) is 2.59. The molecule has 1 aliphatic rings. The fourth-order valence-corrected chi connectivity index (χ4v) is 2.52.